The largest absolute Gasteiger partial charge is 0.493 e. The summed E-state index contributed by atoms with van der Waals surface area (Å²) < 4.78 is 6.75. The van der Waals surface area contributed by atoms with Gasteiger partial charge < -0.3 is 4.74 Å². The molecule has 0 heterocycles. The van der Waals surface area contributed by atoms with Crippen LogP contribution in [0.2, 0.25) is 0 Å². The third kappa shape index (κ3) is 2.64. The van der Waals surface area contributed by atoms with E-state index < -0.39 is 0 Å². The first kappa shape index (κ1) is 10.3. The van der Waals surface area contributed by atoms with Crippen LogP contribution in [0, 0.1) is 5.92 Å². The van der Waals surface area contributed by atoms with Crippen molar-refractivity contribution in [1.29, 1.82) is 0 Å². The highest BCUT2D eigenvalue weighted by Gasteiger charge is 2.22. The Hall–Kier alpha value is -0.210. The number of ether oxygens (including phenoxy) is 1. The highest BCUT2D eigenvalue weighted by Crippen LogP contribution is 2.31. The average Bonchev–Trinajstić information content (AvgIpc) is 2.99. The van der Waals surface area contributed by atoms with E-state index in [0.29, 0.717) is 5.88 Å². The van der Waals surface area contributed by atoms with Gasteiger partial charge in [0.2, 0.25) is 0 Å². The van der Waals surface area contributed by atoms with Gasteiger partial charge in [-0.05, 0) is 37.0 Å². The summed E-state index contributed by atoms with van der Waals surface area (Å²) in [6.07, 6.45) is 2.62. The van der Waals surface area contributed by atoms with Crippen molar-refractivity contribution in [2.45, 2.75) is 18.7 Å². The van der Waals surface area contributed by atoms with Gasteiger partial charge in [-0.1, -0.05) is 15.9 Å². The van der Waals surface area contributed by atoms with E-state index in [4.69, 9.17) is 16.3 Å². The molecule has 3 heteroatoms. The van der Waals surface area contributed by atoms with Crippen LogP contribution in [-0.4, -0.2) is 6.61 Å². The minimum absolute atomic E-state index is 0.499. The molecule has 14 heavy (non-hydrogen) atoms. The number of hydrogen-bond donors (Lipinski definition) is 0. The summed E-state index contributed by atoms with van der Waals surface area (Å²) in [5, 5.41) is 0. The summed E-state index contributed by atoms with van der Waals surface area (Å²) in [4.78, 5) is 0. The van der Waals surface area contributed by atoms with Crippen LogP contribution in [0.5, 0.6) is 5.75 Å². The summed E-state index contributed by atoms with van der Waals surface area (Å²) in [5.41, 5.74) is 1.06. The highest BCUT2D eigenvalue weighted by molar-refractivity contribution is 9.10. The molecule has 0 saturated heterocycles. The molecule has 0 radical (unpaired) electrons. The average molecular weight is 276 g/mol. The van der Waals surface area contributed by atoms with Crippen molar-refractivity contribution in [3.8, 4) is 5.75 Å². The molecule has 0 atom stereocenters. The van der Waals surface area contributed by atoms with Gasteiger partial charge in [-0.2, -0.15) is 0 Å². The second-order valence-electron chi connectivity index (χ2n) is 3.64. The fourth-order valence-electron chi connectivity index (χ4n) is 1.29. The Morgan fingerprint density at radius 3 is 2.86 bits per heavy atom. The van der Waals surface area contributed by atoms with Gasteiger partial charge in [0.1, 0.15) is 5.75 Å². The minimum atomic E-state index is 0.499. The van der Waals surface area contributed by atoms with Gasteiger partial charge in [-0.25, -0.2) is 0 Å². The molecule has 1 aliphatic rings. The van der Waals surface area contributed by atoms with Gasteiger partial charge >= 0.3 is 0 Å². The maximum Gasteiger partial charge on any atom is 0.123 e. The van der Waals surface area contributed by atoms with E-state index in [-0.39, 0.29) is 0 Å². The molecule has 1 fully saturated rings. The van der Waals surface area contributed by atoms with Crippen molar-refractivity contribution < 1.29 is 4.74 Å². The van der Waals surface area contributed by atoms with Crippen molar-refractivity contribution in [3.05, 3.63) is 28.2 Å². The van der Waals surface area contributed by atoms with Crippen molar-refractivity contribution in [3.63, 3.8) is 0 Å². The highest BCUT2D eigenvalue weighted by atomic mass is 79.9. The van der Waals surface area contributed by atoms with E-state index in [2.05, 4.69) is 15.9 Å². The van der Waals surface area contributed by atoms with Crippen LogP contribution < -0.4 is 4.74 Å². The Morgan fingerprint density at radius 1 is 1.43 bits per heavy atom. The predicted octanol–water partition coefficient (Wildman–Crippen LogP) is 3.98. The summed E-state index contributed by atoms with van der Waals surface area (Å²) in [5.74, 6) is 2.20. The number of halogens is 2. The van der Waals surface area contributed by atoms with E-state index in [1.165, 1.54) is 12.8 Å². The summed E-state index contributed by atoms with van der Waals surface area (Å²) in [6, 6.07) is 5.97. The molecule has 0 bridgehead atoms. The second-order valence-corrected chi connectivity index (χ2v) is 4.82. The smallest absolute Gasteiger partial charge is 0.123 e. The molecule has 0 amide bonds. The molecule has 2 rings (SSSR count). The van der Waals surface area contributed by atoms with Gasteiger partial charge in [0.25, 0.3) is 0 Å². The third-order valence-electron chi connectivity index (χ3n) is 2.34. The molecule has 0 spiro atoms. The standard InChI is InChI=1S/C11H12BrClO/c12-10-3-4-11(9(5-10)6-13)14-7-8-1-2-8/h3-5,8H,1-2,6-7H2. The van der Waals surface area contributed by atoms with E-state index >= 15 is 0 Å². The molecule has 1 saturated carbocycles. The third-order valence-corrected chi connectivity index (χ3v) is 3.12. The quantitative estimate of drug-likeness (QED) is 0.755. The lowest BCUT2D eigenvalue weighted by Gasteiger charge is -2.09. The van der Waals surface area contributed by atoms with Gasteiger partial charge in [-0.3, -0.25) is 0 Å². The Balaban J connectivity index is 2.05. The molecular weight excluding hydrogens is 263 g/mol. The zero-order valence-corrected chi connectivity index (χ0v) is 10.1. The van der Waals surface area contributed by atoms with Crippen LogP contribution in [0.3, 0.4) is 0 Å². The van der Waals surface area contributed by atoms with E-state index in [1.54, 1.807) is 0 Å². The number of hydrogen-bond acceptors (Lipinski definition) is 1. The van der Waals surface area contributed by atoms with Crippen molar-refractivity contribution >= 4 is 27.5 Å². The minimum Gasteiger partial charge on any atom is -0.493 e. The van der Waals surface area contributed by atoms with E-state index in [0.717, 1.165) is 28.3 Å². The SMILES string of the molecule is ClCc1cc(Br)ccc1OCC1CC1. The van der Waals surface area contributed by atoms with Crippen molar-refractivity contribution in [2.75, 3.05) is 6.61 Å². The molecule has 1 nitrogen and oxygen atoms in total. The number of alkyl halides is 1. The fraction of sp³-hybridized carbons (Fsp3) is 0.455. The first-order valence-electron chi connectivity index (χ1n) is 4.77. The van der Waals surface area contributed by atoms with Crippen LogP contribution in [0.25, 0.3) is 0 Å². The normalized spacial score (nSPS) is 15.6. The van der Waals surface area contributed by atoms with Crippen LogP contribution in [0.1, 0.15) is 18.4 Å². The lowest BCUT2D eigenvalue weighted by molar-refractivity contribution is 0.297. The summed E-state index contributed by atoms with van der Waals surface area (Å²) in [7, 11) is 0. The van der Waals surface area contributed by atoms with Crippen LogP contribution in [-0.2, 0) is 5.88 Å². The summed E-state index contributed by atoms with van der Waals surface area (Å²) >= 11 is 9.25. The van der Waals surface area contributed by atoms with Crippen molar-refractivity contribution in [1.82, 2.24) is 0 Å². The van der Waals surface area contributed by atoms with Gasteiger partial charge in [-0.15, -0.1) is 11.6 Å². The zero-order chi connectivity index (χ0) is 9.97. The molecule has 1 aliphatic carbocycles. The Morgan fingerprint density at radius 2 is 2.21 bits per heavy atom. The van der Waals surface area contributed by atoms with E-state index in [9.17, 15) is 0 Å². The van der Waals surface area contributed by atoms with Crippen LogP contribution >= 0.6 is 27.5 Å². The van der Waals surface area contributed by atoms with Crippen molar-refractivity contribution in [2.24, 2.45) is 5.92 Å². The van der Waals surface area contributed by atoms with E-state index in [1.807, 2.05) is 18.2 Å². The topological polar surface area (TPSA) is 9.23 Å². The molecule has 0 unspecified atom stereocenters. The molecule has 0 N–H and O–H groups in total. The lowest BCUT2D eigenvalue weighted by atomic mass is 10.2. The van der Waals surface area contributed by atoms with Crippen LogP contribution in [0.4, 0.5) is 0 Å². The maximum absolute atomic E-state index is 5.83. The van der Waals surface area contributed by atoms with Gasteiger partial charge in [0, 0.05) is 10.0 Å². The number of benzene rings is 1. The summed E-state index contributed by atoms with van der Waals surface area (Å²) in [6.45, 7) is 0.839. The second kappa shape index (κ2) is 4.54. The predicted molar refractivity (Wildman–Crippen MR) is 61.9 cm³/mol. The molecule has 0 aromatic heterocycles. The molecule has 76 valence electrons. The monoisotopic (exact) mass is 274 g/mol. The molecule has 0 aliphatic heterocycles. The van der Waals surface area contributed by atoms with Gasteiger partial charge in [0.05, 0.1) is 12.5 Å². The fourth-order valence-corrected chi connectivity index (χ4v) is 1.90. The first-order valence-corrected chi connectivity index (χ1v) is 6.09. The zero-order valence-electron chi connectivity index (χ0n) is 7.80. The Kier molecular flexibility index (Phi) is 3.34. The lowest BCUT2D eigenvalue weighted by Crippen LogP contribution is -2.00. The molecular formula is C11H12BrClO. The first-order chi connectivity index (χ1) is 6.79. The molecule has 1 aromatic rings. The van der Waals surface area contributed by atoms with Gasteiger partial charge in [0.15, 0.2) is 0 Å². The maximum atomic E-state index is 5.83. The Labute approximate surface area is 97.5 Å². The Bertz CT molecular complexity index is 323. The van der Waals surface area contributed by atoms with Crippen LogP contribution in [0.15, 0.2) is 22.7 Å². The number of rotatable bonds is 4. The molecule has 1 aromatic carbocycles.